The molecule has 0 saturated heterocycles. The van der Waals surface area contributed by atoms with Crippen LogP contribution in [0.1, 0.15) is 22.8 Å². The smallest absolute Gasteiger partial charge is 0.225 e. The molecule has 3 aromatic rings. The third kappa shape index (κ3) is 3.66. The number of carbonyl (C=O) groups is 1. The van der Waals surface area contributed by atoms with Gasteiger partial charge in [0.15, 0.2) is 11.5 Å². The molecule has 2 heterocycles. The first kappa shape index (κ1) is 20.0. The van der Waals surface area contributed by atoms with Gasteiger partial charge in [-0.1, -0.05) is 36.9 Å². The highest BCUT2D eigenvalue weighted by atomic mass is 32.1. The molecule has 0 aliphatic carbocycles. The van der Waals surface area contributed by atoms with Crippen molar-refractivity contribution < 1.29 is 19.0 Å². The average molecular weight is 422 g/mol. The Balaban J connectivity index is 1.79. The van der Waals surface area contributed by atoms with E-state index in [0.29, 0.717) is 24.5 Å². The van der Waals surface area contributed by atoms with Crippen LogP contribution < -0.4 is 19.5 Å². The standard InChI is InChI=1S/C24H23NO4S/c1-4-12-29-23-17(6-5-7-20(23)28-3)18-13-21(26)25-22-19(14-30-24(18)22)15-8-10-16(27-2)11-9-15/h4-11,14,18H,1,12-13H2,2-3H3,(H,25,26)/t18-/m0/s1. The van der Waals surface area contributed by atoms with E-state index in [1.165, 1.54) is 0 Å². The second-order valence-electron chi connectivity index (χ2n) is 6.90. The molecule has 0 bridgehead atoms. The third-order valence-electron chi connectivity index (χ3n) is 5.14. The predicted octanol–water partition coefficient (Wildman–Crippen LogP) is 5.47. The lowest BCUT2D eigenvalue weighted by Crippen LogP contribution is -2.23. The minimum Gasteiger partial charge on any atom is -0.497 e. The highest BCUT2D eigenvalue weighted by Gasteiger charge is 2.33. The van der Waals surface area contributed by atoms with Crippen molar-refractivity contribution in [2.45, 2.75) is 12.3 Å². The van der Waals surface area contributed by atoms with Crippen molar-refractivity contribution >= 4 is 22.9 Å². The lowest BCUT2D eigenvalue weighted by molar-refractivity contribution is -0.116. The Morgan fingerprint density at radius 2 is 1.97 bits per heavy atom. The summed E-state index contributed by atoms with van der Waals surface area (Å²) < 4.78 is 16.7. The molecule has 0 radical (unpaired) electrons. The van der Waals surface area contributed by atoms with Crippen LogP contribution in [0.15, 0.2) is 60.5 Å². The molecule has 1 aliphatic rings. The van der Waals surface area contributed by atoms with Crippen LogP contribution in [0.4, 0.5) is 5.69 Å². The Morgan fingerprint density at radius 1 is 1.17 bits per heavy atom. The van der Waals surface area contributed by atoms with Gasteiger partial charge in [0.25, 0.3) is 0 Å². The van der Waals surface area contributed by atoms with E-state index in [-0.39, 0.29) is 11.8 Å². The fraction of sp³-hybridized carbons (Fsp3) is 0.208. The SMILES string of the molecule is C=CCOc1c(OC)cccc1[C@@H]1CC(=O)Nc2c(-c3ccc(OC)cc3)csc21. The van der Waals surface area contributed by atoms with Gasteiger partial charge in [0.2, 0.25) is 5.91 Å². The van der Waals surface area contributed by atoms with Gasteiger partial charge in [-0.3, -0.25) is 4.79 Å². The number of ether oxygens (including phenoxy) is 3. The van der Waals surface area contributed by atoms with Gasteiger partial charge in [0.05, 0.1) is 19.9 Å². The van der Waals surface area contributed by atoms with Gasteiger partial charge < -0.3 is 19.5 Å². The van der Waals surface area contributed by atoms with Crippen molar-refractivity contribution in [1.29, 1.82) is 0 Å². The molecule has 0 fully saturated rings. The minimum absolute atomic E-state index is 0.0156. The molecular formula is C24H23NO4S. The molecule has 154 valence electrons. The van der Waals surface area contributed by atoms with Gasteiger partial charge in [-0.25, -0.2) is 0 Å². The molecule has 1 atom stereocenters. The molecule has 1 aliphatic heterocycles. The molecule has 0 saturated carbocycles. The first-order valence-corrected chi connectivity index (χ1v) is 10.5. The molecule has 0 unspecified atom stereocenters. The summed E-state index contributed by atoms with van der Waals surface area (Å²) in [7, 11) is 3.26. The average Bonchev–Trinajstić information content (AvgIpc) is 3.20. The Labute approximate surface area is 179 Å². The zero-order chi connectivity index (χ0) is 21.1. The van der Waals surface area contributed by atoms with Crippen LogP contribution in [-0.4, -0.2) is 26.7 Å². The van der Waals surface area contributed by atoms with E-state index in [1.54, 1.807) is 31.6 Å². The van der Waals surface area contributed by atoms with Crippen molar-refractivity contribution in [1.82, 2.24) is 0 Å². The Kier molecular flexibility index (Phi) is 5.77. The maximum absolute atomic E-state index is 12.7. The van der Waals surface area contributed by atoms with Crippen LogP contribution in [-0.2, 0) is 4.79 Å². The van der Waals surface area contributed by atoms with Crippen LogP contribution in [0.25, 0.3) is 11.1 Å². The number of amides is 1. The summed E-state index contributed by atoms with van der Waals surface area (Å²) in [5.74, 6) is 1.97. The normalized spacial score (nSPS) is 15.1. The van der Waals surface area contributed by atoms with Gasteiger partial charge in [0.1, 0.15) is 12.4 Å². The Hall–Kier alpha value is -3.25. The quantitative estimate of drug-likeness (QED) is 0.514. The molecule has 30 heavy (non-hydrogen) atoms. The molecule has 5 nitrogen and oxygen atoms in total. The summed E-state index contributed by atoms with van der Waals surface area (Å²) in [6.07, 6.45) is 2.05. The van der Waals surface area contributed by atoms with E-state index in [4.69, 9.17) is 14.2 Å². The number of para-hydroxylation sites is 1. The Bertz CT molecular complexity index is 1070. The topological polar surface area (TPSA) is 56.8 Å². The number of carbonyl (C=O) groups excluding carboxylic acids is 1. The summed E-state index contributed by atoms with van der Waals surface area (Å²) in [5, 5.41) is 5.17. The van der Waals surface area contributed by atoms with Crippen LogP contribution in [0.2, 0.25) is 0 Å². The monoisotopic (exact) mass is 421 g/mol. The number of rotatable bonds is 7. The van der Waals surface area contributed by atoms with Crippen molar-refractivity contribution in [3.8, 4) is 28.4 Å². The summed E-state index contributed by atoms with van der Waals surface area (Å²) in [5.41, 5.74) is 3.84. The fourth-order valence-electron chi connectivity index (χ4n) is 3.73. The fourth-order valence-corrected chi connectivity index (χ4v) is 4.88. The molecule has 2 aromatic carbocycles. The lowest BCUT2D eigenvalue weighted by atomic mass is 9.88. The van der Waals surface area contributed by atoms with Gasteiger partial charge >= 0.3 is 0 Å². The first-order chi connectivity index (χ1) is 14.7. The van der Waals surface area contributed by atoms with Crippen LogP contribution >= 0.6 is 11.3 Å². The highest BCUT2D eigenvalue weighted by molar-refractivity contribution is 7.11. The van der Waals surface area contributed by atoms with E-state index in [9.17, 15) is 4.79 Å². The molecule has 0 spiro atoms. The third-order valence-corrected chi connectivity index (χ3v) is 6.24. The van der Waals surface area contributed by atoms with Gasteiger partial charge in [-0.15, -0.1) is 11.3 Å². The van der Waals surface area contributed by atoms with Gasteiger partial charge in [-0.2, -0.15) is 0 Å². The number of hydrogen-bond donors (Lipinski definition) is 1. The number of thiophene rings is 1. The maximum Gasteiger partial charge on any atom is 0.225 e. The van der Waals surface area contributed by atoms with Gasteiger partial charge in [-0.05, 0) is 23.8 Å². The predicted molar refractivity (Wildman–Crippen MR) is 120 cm³/mol. The molecule has 6 heteroatoms. The molecule has 1 N–H and O–H groups in total. The Morgan fingerprint density at radius 3 is 2.67 bits per heavy atom. The molecular weight excluding hydrogens is 398 g/mol. The zero-order valence-electron chi connectivity index (χ0n) is 16.9. The number of hydrogen-bond acceptors (Lipinski definition) is 5. The summed E-state index contributed by atoms with van der Waals surface area (Å²) in [6, 6.07) is 13.6. The highest BCUT2D eigenvalue weighted by Crippen LogP contribution is 2.49. The second-order valence-corrected chi connectivity index (χ2v) is 7.81. The van der Waals surface area contributed by atoms with Crippen LogP contribution in [0.3, 0.4) is 0 Å². The maximum atomic E-state index is 12.7. The summed E-state index contributed by atoms with van der Waals surface area (Å²) in [4.78, 5) is 13.8. The number of fused-ring (bicyclic) bond motifs is 1. The van der Waals surface area contributed by atoms with Gasteiger partial charge in [0, 0.05) is 33.7 Å². The van der Waals surface area contributed by atoms with E-state index in [1.807, 2.05) is 42.5 Å². The van der Waals surface area contributed by atoms with E-state index in [2.05, 4.69) is 17.3 Å². The second kappa shape index (κ2) is 8.63. The van der Waals surface area contributed by atoms with Crippen molar-refractivity contribution in [3.63, 3.8) is 0 Å². The molecule has 1 aromatic heterocycles. The van der Waals surface area contributed by atoms with E-state index < -0.39 is 0 Å². The number of anilines is 1. The summed E-state index contributed by atoms with van der Waals surface area (Å²) in [6.45, 7) is 4.10. The lowest BCUT2D eigenvalue weighted by Gasteiger charge is -2.26. The first-order valence-electron chi connectivity index (χ1n) is 9.62. The number of benzene rings is 2. The number of methoxy groups -OCH3 is 2. The van der Waals surface area contributed by atoms with Crippen molar-refractivity contribution in [3.05, 3.63) is 70.9 Å². The molecule has 1 amide bonds. The van der Waals surface area contributed by atoms with Crippen LogP contribution in [0, 0.1) is 0 Å². The largest absolute Gasteiger partial charge is 0.497 e. The van der Waals surface area contributed by atoms with Crippen molar-refractivity contribution in [2.24, 2.45) is 0 Å². The molecule has 4 rings (SSSR count). The number of nitrogens with one attached hydrogen (secondary N) is 1. The van der Waals surface area contributed by atoms with Crippen LogP contribution in [0.5, 0.6) is 17.2 Å². The van der Waals surface area contributed by atoms with E-state index >= 15 is 0 Å². The van der Waals surface area contributed by atoms with E-state index in [0.717, 1.165) is 33.0 Å². The minimum atomic E-state index is -0.110. The summed E-state index contributed by atoms with van der Waals surface area (Å²) >= 11 is 1.65. The van der Waals surface area contributed by atoms with Crippen molar-refractivity contribution in [2.75, 3.05) is 26.1 Å². The zero-order valence-corrected chi connectivity index (χ0v) is 17.8.